The Labute approximate surface area is 244 Å². The number of nitrogens with one attached hydrogen (secondary N) is 1. The van der Waals surface area contributed by atoms with Crippen LogP contribution in [0.2, 0.25) is 0 Å². The van der Waals surface area contributed by atoms with Gasteiger partial charge in [-0.25, -0.2) is 8.42 Å². The van der Waals surface area contributed by atoms with E-state index in [2.05, 4.69) is 5.32 Å². The van der Waals surface area contributed by atoms with E-state index >= 15 is 0 Å². The summed E-state index contributed by atoms with van der Waals surface area (Å²) in [6.45, 7) is 7.37. The van der Waals surface area contributed by atoms with Crippen LogP contribution in [0.15, 0.2) is 83.8 Å². The highest BCUT2D eigenvalue weighted by Crippen LogP contribution is 2.32. The minimum Gasteiger partial charge on any atom is -0.495 e. The molecule has 0 saturated heterocycles. The fraction of sp³-hybridized carbons (Fsp3) is 0.375. The molecule has 2 atom stereocenters. The molecule has 0 aliphatic carbocycles. The first-order chi connectivity index (χ1) is 19.6. The number of nitrogens with zero attached hydrogens (tertiary/aromatic N) is 2. The van der Waals surface area contributed by atoms with Crippen molar-refractivity contribution in [1.82, 2.24) is 10.2 Å². The number of hydrogen-bond donors (Lipinski definition) is 1. The Morgan fingerprint density at radius 1 is 0.902 bits per heavy atom. The molecule has 1 N–H and O–H groups in total. The van der Waals surface area contributed by atoms with Gasteiger partial charge in [0.2, 0.25) is 11.8 Å². The van der Waals surface area contributed by atoms with Crippen LogP contribution in [0.3, 0.4) is 0 Å². The molecule has 0 bridgehead atoms. The van der Waals surface area contributed by atoms with Gasteiger partial charge in [-0.1, -0.05) is 74.0 Å². The molecule has 3 aromatic rings. The van der Waals surface area contributed by atoms with Gasteiger partial charge in [-0.2, -0.15) is 0 Å². The van der Waals surface area contributed by atoms with Gasteiger partial charge in [0.25, 0.3) is 10.0 Å². The third kappa shape index (κ3) is 8.10. The predicted molar refractivity (Wildman–Crippen MR) is 163 cm³/mol. The van der Waals surface area contributed by atoms with Crippen molar-refractivity contribution in [3.63, 3.8) is 0 Å². The van der Waals surface area contributed by atoms with Gasteiger partial charge >= 0.3 is 0 Å². The maximum Gasteiger partial charge on any atom is 0.264 e. The molecule has 0 spiro atoms. The highest BCUT2D eigenvalue weighted by Gasteiger charge is 2.34. The maximum atomic E-state index is 14.1. The summed E-state index contributed by atoms with van der Waals surface area (Å²) in [5.41, 5.74) is 2.16. The zero-order chi connectivity index (χ0) is 30.0. The number of para-hydroxylation sites is 2. The summed E-state index contributed by atoms with van der Waals surface area (Å²) < 4.78 is 34.6. The van der Waals surface area contributed by atoms with Gasteiger partial charge in [-0.3, -0.25) is 13.9 Å². The molecule has 2 amide bonds. The minimum atomic E-state index is -4.17. The zero-order valence-corrected chi connectivity index (χ0v) is 25.4. The summed E-state index contributed by atoms with van der Waals surface area (Å²) in [7, 11) is -2.72. The number of rotatable bonds is 14. The van der Waals surface area contributed by atoms with Crippen LogP contribution >= 0.6 is 0 Å². The Balaban J connectivity index is 2.04. The van der Waals surface area contributed by atoms with Gasteiger partial charge < -0.3 is 15.0 Å². The van der Waals surface area contributed by atoms with Gasteiger partial charge in [0.1, 0.15) is 18.3 Å². The van der Waals surface area contributed by atoms with E-state index in [1.807, 2.05) is 58.0 Å². The maximum absolute atomic E-state index is 14.1. The number of aryl methyl sites for hydroxylation is 1. The van der Waals surface area contributed by atoms with Crippen LogP contribution in [0.25, 0.3) is 0 Å². The average molecular weight is 580 g/mol. The van der Waals surface area contributed by atoms with Crippen molar-refractivity contribution in [3.05, 3.63) is 90.0 Å². The summed E-state index contributed by atoms with van der Waals surface area (Å²) >= 11 is 0. The molecule has 0 radical (unpaired) electrons. The van der Waals surface area contributed by atoms with Crippen molar-refractivity contribution in [1.29, 1.82) is 0 Å². The van der Waals surface area contributed by atoms with E-state index in [0.717, 1.165) is 21.9 Å². The summed E-state index contributed by atoms with van der Waals surface area (Å²) in [5, 5.41) is 2.99. The number of ether oxygens (including phenoxy) is 1. The first kappa shape index (κ1) is 31.7. The molecule has 2 unspecified atom stereocenters. The minimum absolute atomic E-state index is 0.0548. The van der Waals surface area contributed by atoms with Crippen LogP contribution in [0.4, 0.5) is 5.69 Å². The monoisotopic (exact) mass is 579 g/mol. The summed E-state index contributed by atoms with van der Waals surface area (Å²) in [5.74, 6) is -0.421. The fourth-order valence-electron chi connectivity index (χ4n) is 4.52. The van der Waals surface area contributed by atoms with E-state index in [4.69, 9.17) is 4.74 Å². The van der Waals surface area contributed by atoms with Gasteiger partial charge in [0.05, 0.1) is 17.7 Å². The smallest absolute Gasteiger partial charge is 0.264 e. The lowest BCUT2D eigenvalue weighted by Gasteiger charge is -2.34. The second-order valence-electron chi connectivity index (χ2n) is 10.1. The SMILES string of the molecule is CCC(C)NC(=O)C(CC)N(CCc1ccccc1)C(=O)CN(c1ccccc1OC)S(=O)(=O)c1ccc(C)cc1. The number of hydrogen-bond acceptors (Lipinski definition) is 5. The Bertz CT molecular complexity index is 1390. The quantitative estimate of drug-likeness (QED) is 0.291. The van der Waals surface area contributed by atoms with Crippen molar-refractivity contribution >= 4 is 27.5 Å². The predicted octanol–water partition coefficient (Wildman–Crippen LogP) is 4.96. The van der Waals surface area contributed by atoms with Gasteiger partial charge in [-0.05, 0) is 62.9 Å². The summed E-state index contributed by atoms with van der Waals surface area (Å²) in [6.07, 6.45) is 1.64. The number of methoxy groups -OCH3 is 1. The highest BCUT2D eigenvalue weighted by molar-refractivity contribution is 7.92. The number of carbonyl (C=O) groups excluding carboxylic acids is 2. The highest BCUT2D eigenvalue weighted by atomic mass is 32.2. The third-order valence-electron chi connectivity index (χ3n) is 7.11. The van der Waals surface area contributed by atoms with Crippen LogP contribution in [0.5, 0.6) is 5.75 Å². The van der Waals surface area contributed by atoms with Crippen LogP contribution < -0.4 is 14.4 Å². The number of carbonyl (C=O) groups is 2. The molecular weight excluding hydrogens is 538 g/mol. The third-order valence-corrected chi connectivity index (χ3v) is 8.89. The van der Waals surface area contributed by atoms with E-state index in [-0.39, 0.29) is 29.1 Å². The summed E-state index contributed by atoms with van der Waals surface area (Å²) in [4.78, 5) is 29.1. The van der Waals surface area contributed by atoms with Crippen molar-refractivity contribution in [2.24, 2.45) is 0 Å². The Morgan fingerprint density at radius 3 is 2.15 bits per heavy atom. The van der Waals surface area contributed by atoms with E-state index in [1.54, 1.807) is 36.4 Å². The van der Waals surface area contributed by atoms with Crippen LogP contribution in [-0.4, -0.2) is 57.4 Å². The van der Waals surface area contributed by atoms with Crippen molar-refractivity contribution in [3.8, 4) is 5.75 Å². The standard InChI is InChI=1S/C32H41N3O5S/c1-6-25(4)33-32(37)28(7-2)34(22-21-26-13-9-8-10-14-26)31(36)23-35(29-15-11-12-16-30(29)40-5)41(38,39)27-19-17-24(3)18-20-27/h8-20,25,28H,6-7,21-23H2,1-5H3,(H,33,37). The van der Waals surface area contributed by atoms with Gasteiger partial charge in [-0.15, -0.1) is 0 Å². The van der Waals surface area contributed by atoms with Crippen LogP contribution in [-0.2, 0) is 26.0 Å². The Morgan fingerprint density at radius 2 is 1.54 bits per heavy atom. The lowest BCUT2D eigenvalue weighted by molar-refractivity contribution is -0.139. The van der Waals surface area contributed by atoms with Gasteiger partial charge in [0, 0.05) is 12.6 Å². The van der Waals surface area contributed by atoms with E-state index in [1.165, 1.54) is 24.1 Å². The second kappa shape index (κ2) is 14.7. The van der Waals surface area contributed by atoms with E-state index in [9.17, 15) is 18.0 Å². The lowest BCUT2D eigenvalue weighted by Crippen LogP contribution is -2.54. The van der Waals surface area contributed by atoms with Crippen molar-refractivity contribution in [2.45, 2.75) is 63.9 Å². The number of benzene rings is 3. The largest absolute Gasteiger partial charge is 0.495 e. The molecule has 220 valence electrons. The number of sulfonamides is 1. The topological polar surface area (TPSA) is 96.0 Å². The molecule has 3 aromatic carbocycles. The number of amides is 2. The second-order valence-corrected chi connectivity index (χ2v) is 11.9. The first-order valence-corrected chi connectivity index (χ1v) is 15.4. The molecular formula is C32H41N3O5S. The zero-order valence-electron chi connectivity index (χ0n) is 24.5. The Hall–Kier alpha value is -3.85. The molecule has 0 fully saturated rings. The molecule has 3 rings (SSSR count). The lowest BCUT2D eigenvalue weighted by atomic mass is 10.1. The van der Waals surface area contributed by atoms with Crippen molar-refractivity contribution < 1.29 is 22.7 Å². The molecule has 0 saturated carbocycles. The average Bonchev–Trinajstić information content (AvgIpc) is 2.98. The fourth-order valence-corrected chi connectivity index (χ4v) is 5.95. The van der Waals surface area contributed by atoms with Crippen LogP contribution in [0, 0.1) is 6.92 Å². The normalized spacial score (nSPS) is 12.7. The van der Waals surface area contributed by atoms with Gasteiger partial charge in [0.15, 0.2) is 0 Å². The van der Waals surface area contributed by atoms with E-state index < -0.39 is 28.5 Å². The Kier molecular flexibility index (Phi) is 11.3. The van der Waals surface area contributed by atoms with Crippen molar-refractivity contribution in [2.75, 3.05) is 24.5 Å². The van der Waals surface area contributed by atoms with Crippen LogP contribution in [0.1, 0.15) is 44.7 Å². The molecule has 0 aromatic heterocycles. The summed E-state index contributed by atoms with van der Waals surface area (Å²) in [6, 6.07) is 22.0. The molecule has 9 heteroatoms. The molecule has 8 nitrogen and oxygen atoms in total. The van der Waals surface area contributed by atoms with E-state index in [0.29, 0.717) is 18.6 Å². The number of anilines is 1. The molecule has 41 heavy (non-hydrogen) atoms. The molecule has 0 aliphatic rings. The molecule has 0 aliphatic heterocycles. The first-order valence-electron chi connectivity index (χ1n) is 14.0. The molecule has 0 heterocycles.